The van der Waals surface area contributed by atoms with E-state index in [-0.39, 0.29) is 10.8 Å². The average molecular weight is 691 g/mol. The summed E-state index contributed by atoms with van der Waals surface area (Å²) in [5.74, 6) is 0. The van der Waals surface area contributed by atoms with E-state index in [1.54, 1.807) is 0 Å². The standard InChI is InChI=1S/C54H42/c1-53(2,3)33-20-17-31(18-21-33)35-24-22-34(54(4,5)6)28-47(35)39-25-26-44-49-29-45-32(27-46(49)43-16-10-14-41(39)51(43)44)19-23-38-42-15-9-13-40-36-11-7-8-12-37(36)50(52(40)42)30-48(38)45/h7-30H,1-6H3. The van der Waals surface area contributed by atoms with Gasteiger partial charge in [0.1, 0.15) is 0 Å². The summed E-state index contributed by atoms with van der Waals surface area (Å²) in [6.45, 7) is 13.8. The van der Waals surface area contributed by atoms with Crippen LogP contribution in [0.2, 0.25) is 0 Å². The fourth-order valence-corrected chi connectivity index (χ4v) is 9.63. The summed E-state index contributed by atoms with van der Waals surface area (Å²) in [7, 11) is 0. The van der Waals surface area contributed by atoms with Crippen LogP contribution in [0.3, 0.4) is 0 Å². The van der Waals surface area contributed by atoms with Gasteiger partial charge in [-0.3, -0.25) is 0 Å². The molecule has 0 fully saturated rings. The predicted octanol–water partition coefficient (Wildman–Crippen LogP) is 15.7. The lowest BCUT2D eigenvalue weighted by Crippen LogP contribution is -2.11. The second-order valence-electron chi connectivity index (χ2n) is 17.7. The maximum atomic E-state index is 2.49. The van der Waals surface area contributed by atoms with Crippen molar-refractivity contribution in [2.45, 2.75) is 52.4 Å². The van der Waals surface area contributed by atoms with Gasteiger partial charge in [-0.05, 0) is 155 Å². The molecule has 0 bridgehead atoms. The fourth-order valence-electron chi connectivity index (χ4n) is 9.63. The van der Waals surface area contributed by atoms with Gasteiger partial charge in [0.25, 0.3) is 0 Å². The Morgan fingerprint density at radius 3 is 1.46 bits per heavy atom. The van der Waals surface area contributed by atoms with Crippen molar-refractivity contribution in [1.82, 2.24) is 0 Å². The number of hydrogen-bond donors (Lipinski definition) is 0. The van der Waals surface area contributed by atoms with Gasteiger partial charge in [-0.1, -0.05) is 163 Å². The molecule has 0 saturated carbocycles. The summed E-state index contributed by atoms with van der Waals surface area (Å²) in [5, 5.41) is 21.4. The lowest BCUT2D eigenvalue weighted by atomic mass is 9.81. The van der Waals surface area contributed by atoms with Gasteiger partial charge in [0.2, 0.25) is 0 Å². The highest BCUT2D eigenvalue weighted by Crippen LogP contribution is 2.48. The quantitative estimate of drug-likeness (QED) is 0.158. The molecule has 0 spiro atoms. The van der Waals surface area contributed by atoms with Crippen LogP contribution in [0.25, 0.3) is 108 Å². The molecule has 54 heavy (non-hydrogen) atoms. The molecule has 0 heteroatoms. The Bertz CT molecular complexity index is 3310. The highest BCUT2D eigenvalue weighted by molar-refractivity contribution is 6.38. The number of fused-ring (bicyclic) bond motifs is 10. The molecule has 0 radical (unpaired) electrons. The van der Waals surface area contributed by atoms with Crippen LogP contribution in [0.5, 0.6) is 0 Å². The Balaban J connectivity index is 1.18. The van der Waals surface area contributed by atoms with Crippen molar-refractivity contribution in [3.8, 4) is 22.3 Å². The monoisotopic (exact) mass is 690 g/mol. The Kier molecular flexibility index (Phi) is 6.31. The molecule has 11 aromatic carbocycles. The average Bonchev–Trinajstić information content (AvgIpc) is 3.67. The van der Waals surface area contributed by atoms with E-state index in [1.165, 1.54) is 120 Å². The minimum absolute atomic E-state index is 0.0334. The highest BCUT2D eigenvalue weighted by atomic mass is 14.3. The van der Waals surface area contributed by atoms with Gasteiger partial charge in [-0.15, -0.1) is 0 Å². The maximum absolute atomic E-state index is 2.49. The molecule has 0 nitrogen and oxygen atoms in total. The molecule has 11 rings (SSSR count). The van der Waals surface area contributed by atoms with Crippen molar-refractivity contribution in [2.75, 3.05) is 0 Å². The molecule has 11 aromatic rings. The summed E-state index contributed by atoms with van der Waals surface area (Å²) < 4.78 is 0. The van der Waals surface area contributed by atoms with Crippen LogP contribution in [0.15, 0.2) is 146 Å². The van der Waals surface area contributed by atoms with Gasteiger partial charge in [-0.2, -0.15) is 0 Å². The van der Waals surface area contributed by atoms with Crippen LogP contribution in [-0.2, 0) is 10.8 Å². The van der Waals surface area contributed by atoms with Crippen molar-refractivity contribution < 1.29 is 0 Å². The van der Waals surface area contributed by atoms with Crippen LogP contribution < -0.4 is 0 Å². The first-order chi connectivity index (χ1) is 26.0. The van der Waals surface area contributed by atoms with Gasteiger partial charge in [0.05, 0.1) is 0 Å². The Morgan fingerprint density at radius 1 is 0.278 bits per heavy atom. The summed E-state index contributed by atoms with van der Waals surface area (Å²) in [6.07, 6.45) is 0. The van der Waals surface area contributed by atoms with Gasteiger partial charge in [0, 0.05) is 0 Å². The van der Waals surface area contributed by atoms with E-state index >= 15 is 0 Å². The van der Waals surface area contributed by atoms with Gasteiger partial charge < -0.3 is 0 Å². The molecular formula is C54H42. The van der Waals surface area contributed by atoms with Crippen LogP contribution in [0, 0.1) is 0 Å². The van der Waals surface area contributed by atoms with Gasteiger partial charge in [-0.25, -0.2) is 0 Å². The van der Waals surface area contributed by atoms with E-state index in [4.69, 9.17) is 0 Å². The van der Waals surface area contributed by atoms with Crippen molar-refractivity contribution in [2.24, 2.45) is 0 Å². The molecule has 258 valence electrons. The first kappa shape index (κ1) is 31.5. The number of benzene rings is 9. The third-order valence-corrected chi connectivity index (χ3v) is 12.5. The molecule has 0 heterocycles. The molecule has 0 unspecified atom stereocenters. The summed E-state index contributed by atoms with van der Waals surface area (Å²) in [4.78, 5) is 0. The lowest BCUT2D eigenvalue weighted by Gasteiger charge is -2.23. The second-order valence-corrected chi connectivity index (χ2v) is 17.7. The number of rotatable bonds is 2. The normalized spacial score (nSPS) is 13.0. The molecule has 0 aliphatic carbocycles. The third-order valence-electron chi connectivity index (χ3n) is 12.5. The van der Waals surface area contributed by atoms with Crippen molar-refractivity contribution in [3.63, 3.8) is 0 Å². The topological polar surface area (TPSA) is 0 Å². The van der Waals surface area contributed by atoms with E-state index in [0.717, 1.165) is 0 Å². The van der Waals surface area contributed by atoms with E-state index < -0.39 is 0 Å². The van der Waals surface area contributed by atoms with E-state index in [9.17, 15) is 0 Å². The first-order valence-electron chi connectivity index (χ1n) is 19.4. The SMILES string of the molecule is CC(C)(C)c1ccc(-c2ccc(C(C)(C)C)cc2-c2ccc3c4cc5c(ccc6c5cc5c7ccccc7c7cccc6c75)cc4c4cccc2c43)cc1. The fraction of sp³-hybridized carbons (Fsp3) is 0.148. The second kappa shape index (κ2) is 10.8. The largest absolute Gasteiger partial charge is 0.0616 e. The summed E-state index contributed by atoms with van der Waals surface area (Å²) >= 11 is 0. The zero-order chi connectivity index (χ0) is 36.7. The Hall–Kier alpha value is -5.98. The smallest absolute Gasteiger partial charge is 0.00199 e. The minimum Gasteiger partial charge on any atom is -0.0616 e. The first-order valence-corrected chi connectivity index (χ1v) is 19.4. The molecule has 0 amide bonds. The zero-order valence-corrected chi connectivity index (χ0v) is 31.9. The van der Waals surface area contributed by atoms with E-state index in [2.05, 4.69) is 187 Å². The van der Waals surface area contributed by atoms with Gasteiger partial charge in [0.15, 0.2) is 0 Å². The van der Waals surface area contributed by atoms with Crippen LogP contribution in [0.1, 0.15) is 52.7 Å². The molecule has 0 aliphatic heterocycles. The summed E-state index contributed by atoms with van der Waals surface area (Å²) in [5.41, 5.74) is 7.98. The molecular weight excluding hydrogens is 649 g/mol. The summed E-state index contributed by atoms with van der Waals surface area (Å²) in [6, 6.07) is 56.0. The predicted molar refractivity (Wildman–Crippen MR) is 237 cm³/mol. The van der Waals surface area contributed by atoms with Crippen LogP contribution in [0.4, 0.5) is 0 Å². The Labute approximate surface area is 316 Å². The molecule has 0 aliphatic rings. The lowest BCUT2D eigenvalue weighted by molar-refractivity contribution is 0.590. The minimum atomic E-state index is 0.0334. The van der Waals surface area contributed by atoms with Crippen molar-refractivity contribution in [1.29, 1.82) is 0 Å². The van der Waals surface area contributed by atoms with Crippen molar-refractivity contribution in [3.05, 3.63) is 157 Å². The molecule has 0 atom stereocenters. The molecule has 0 N–H and O–H groups in total. The van der Waals surface area contributed by atoms with Crippen LogP contribution >= 0.6 is 0 Å². The maximum Gasteiger partial charge on any atom is -0.00199 e. The zero-order valence-electron chi connectivity index (χ0n) is 31.9. The third kappa shape index (κ3) is 4.37. The van der Waals surface area contributed by atoms with Gasteiger partial charge >= 0.3 is 0 Å². The van der Waals surface area contributed by atoms with Crippen LogP contribution in [-0.4, -0.2) is 0 Å². The van der Waals surface area contributed by atoms with Crippen molar-refractivity contribution >= 4 is 86.2 Å². The molecule has 0 aromatic heterocycles. The highest BCUT2D eigenvalue weighted by Gasteiger charge is 2.22. The molecule has 0 saturated heterocycles. The van der Waals surface area contributed by atoms with E-state index in [1.807, 2.05) is 0 Å². The number of hydrogen-bond acceptors (Lipinski definition) is 0. The van der Waals surface area contributed by atoms with E-state index in [0.29, 0.717) is 0 Å². The Morgan fingerprint density at radius 2 is 0.759 bits per heavy atom.